The minimum absolute atomic E-state index is 0. The number of amides is 1. The zero-order valence-electron chi connectivity index (χ0n) is 11.8. The van der Waals surface area contributed by atoms with Crippen LogP contribution in [0.3, 0.4) is 0 Å². The van der Waals surface area contributed by atoms with E-state index in [1.54, 1.807) is 0 Å². The molecule has 20 heavy (non-hydrogen) atoms. The van der Waals surface area contributed by atoms with Gasteiger partial charge in [0.1, 0.15) is 0 Å². The van der Waals surface area contributed by atoms with E-state index < -0.39 is 0 Å². The second-order valence-corrected chi connectivity index (χ2v) is 5.76. The molecule has 2 N–H and O–H groups in total. The van der Waals surface area contributed by atoms with Crippen molar-refractivity contribution in [3.05, 3.63) is 29.3 Å². The minimum atomic E-state index is 0. The minimum Gasteiger partial charge on any atom is -0.326 e. The zero-order valence-corrected chi connectivity index (χ0v) is 12.6. The summed E-state index contributed by atoms with van der Waals surface area (Å²) in [5.41, 5.74) is 3.84. The second-order valence-electron chi connectivity index (χ2n) is 5.76. The van der Waals surface area contributed by atoms with Gasteiger partial charge in [-0.2, -0.15) is 0 Å². The number of hydrogen-bond acceptors (Lipinski definition) is 2. The lowest BCUT2D eigenvalue weighted by molar-refractivity contribution is -0.116. The maximum absolute atomic E-state index is 12.1. The Bertz CT molecular complexity index is 470. The van der Waals surface area contributed by atoms with Gasteiger partial charge in [-0.05, 0) is 68.3 Å². The lowest BCUT2D eigenvalue weighted by atomic mass is 9.90. The van der Waals surface area contributed by atoms with E-state index in [2.05, 4.69) is 28.8 Å². The molecule has 1 saturated heterocycles. The molecule has 1 aromatic rings. The van der Waals surface area contributed by atoms with Crippen molar-refractivity contribution >= 4 is 24.0 Å². The van der Waals surface area contributed by atoms with Crippen LogP contribution in [0.1, 0.15) is 36.8 Å². The summed E-state index contributed by atoms with van der Waals surface area (Å²) in [5.74, 6) is 0.687. The fourth-order valence-electron chi connectivity index (χ4n) is 3.25. The monoisotopic (exact) mass is 294 g/mol. The molecule has 4 heteroatoms. The fourth-order valence-corrected chi connectivity index (χ4v) is 3.25. The Labute approximate surface area is 126 Å². The topological polar surface area (TPSA) is 41.1 Å². The van der Waals surface area contributed by atoms with Crippen LogP contribution in [-0.2, 0) is 17.6 Å². The summed E-state index contributed by atoms with van der Waals surface area (Å²) in [6, 6.07) is 6.32. The van der Waals surface area contributed by atoms with Crippen molar-refractivity contribution < 1.29 is 4.79 Å². The molecule has 1 heterocycles. The second kappa shape index (κ2) is 7.09. The molecule has 0 spiro atoms. The average Bonchev–Trinajstić information content (AvgIpc) is 2.92. The van der Waals surface area contributed by atoms with E-state index in [4.69, 9.17) is 0 Å². The maximum atomic E-state index is 12.1. The Hall–Kier alpha value is -1.06. The van der Waals surface area contributed by atoms with Gasteiger partial charge in [-0.25, -0.2) is 0 Å². The third kappa shape index (κ3) is 3.53. The SMILES string of the molecule is Cl.O=C(CC1CCNC1)Nc1cccc2c1CCCC2. The first-order valence-corrected chi connectivity index (χ1v) is 7.44. The van der Waals surface area contributed by atoms with Gasteiger partial charge < -0.3 is 10.6 Å². The first-order chi connectivity index (χ1) is 9.33. The number of fused-ring (bicyclic) bond motifs is 1. The van der Waals surface area contributed by atoms with Crippen LogP contribution >= 0.6 is 12.4 Å². The Kier molecular flexibility index (Phi) is 5.44. The molecular formula is C16H23ClN2O. The lowest BCUT2D eigenvalue weighted by Crippen LogP contribution is -2.19. The molecule has 1 unspecified atom stereocenters. The van der Waals surface area contributed by atoms with Crippen molar-refractivity contribution in [3.8, 4) is 0 Å². The van der Waals surface area contributed by atoms with Crippen LogP contribution in [0, 0.1) is 5.92 Å². The molecule has 0 radical (unpaired) electrons. The van der Waals surface area contributed by atoms with E-state index in [1.165, 1.54) is 24.0 Å². The van der Waals surface area contributed by atoms with Gasteiger partial charge >= 0.3 is 0 Å². The Balaban J connectivity index is 0.00000147. The molecular weight excluding hydrogens is 272 g/mol. The molecule has 3 rings (SSSR count). The molecule has 1 fully saturated rings. The first kappa shape index (κ1) is 15.3. The van der Waals surface area contributed by atoms with Crippen molar-refractivity contribution in [2.24, 2.45) is 5.92 Å². The van der Waals surface area contributed by atoms with E-state index in [-0.39, 0.29) is 18.3 Å². The van der Waals surface area contributed by atoms with E-state index >= 15 is 0 Å². The van der Waals surface area contributed by atoms with Crippen molar-refractivity contribution in [3.63, 3.8) is 0 Å². The smallest absolute Gasteiger partial charge is 0.224 e. The number of anilines is 1. The van der Waals surface area contributed by atoms with Crippen LogP contribution in [0.2, 0.25) is 0 Å². The quantitative estimate of drug-likeness (QED) is 0.900. The highest BCUT2D eigenvalue weighted by Gasteiger charge is 2.19. The number of benzene rings is 1. The maximum Gasteiger partial charge on any atom is 0.224 e. The zero-order chi connectivity index (χ0) is 13.1. The number of aryl methyl sites for hydroxylation is 1. The lowest BCUT2D eigenvalue weighted by Gasteiger charge is -2.20. The average molecular weight is 295 g/mol. The summed E-state index contributed by atoms with van der Waals surface area (Å²) in [6.07, 6.45) is 6.56. The Morgan fingerprint density at radius 1 is 1.30 bits per heavy atom. The van der Waals surface area contributed by atoms with Crippen molar-refractivity contribution in [2.75, 3.05) is 18.4 Å². The van der Waals surface area contributed by atoms with Crippen LogP contribution in [0.4, 0.5) is 5.69 Å². The normalized spacial score (nSPS) is 20.9. The van der Waals surface area contributed by atoms with Crippen LogP contribution in [0.15, 0.2) is 18.2 Å². The predicted octanol–water partition coefficient (Wildman–Crippen LogP) is 2.93. The van der Waals surface area contributed by atoms with E-state index in [9.17, 15) is 4.79 Å². The highest BCUT2D eigenvalue weighted by Crippen LogP contribution is 2.28. The summed E-state index contributed by atoms with van der Waals surface area (Å²) in [6.45, 7) is 2.04. The molecule has 1 aromatic carbocycles. The molecule has 110 valence electrons. The highest BCUT2D eigenvalue weighted by atomic mass is 35.5. The number of nitrogens with one attached hydrogen (secondary N) is 2. The van der Waals surface area contributed by atoms with Gasteiger partial charge in [-0.1, -0.05) is 12.1 Å². The van der Waals surface area contributed by atoms with E-state index in [0.717, 1.165) is 38.0 Å². The number of halogens is 1. The van der Waals surface area contributed by atoms with Gasteiger partial charge in [0.2, 0.25) is 5.91 Å². The standard InChI is InChI=1S/C16H22N2O.ClH/c19-16(10-12-8-9-17-11-12)18-15-7-3-5-13-4-1-2-6-14(13)15;/h3,5,7,12,17H,1-2,4,6,8-11H2,(H,18,19);1H. The molecule has 1 atom stereocenters. The molecule has 1 aliphatic heterocycles. The van der Waals surface area contributed by atoms with Crippen LogP contribution < -0.4 is 10.6 Å². The summed E-state index contributed by atoms with van der Waals surface area (Å²) < 4.78 is 0. The van der Waals surface area contributed by atoms with Gasteiger partial charge in [-0.3, -0.25) is 4.79 Å². The third-order valence-corrected chi connectivity index (χ3v) is 4.31. The largest absolute Gasteiger partial charge is 0.326 e. The van der Waals surface area contributed by atoms with Gasteiger partial charge in [0.25, 0.3) is 0 Å². The van der Waals surface area contributed by atoms with Crippen LogP contribution in [0.5, 0.6) is 0 Å². The number of carbonyl (C=O) groups excluding carboxylic acids is 1. The third-order valence-electron chi connectivity index (χ3n) is 4.31. The van der Waals surface area contributed by atoms with Crippen molar-refractivity contribution in [1.29, 1.82) is 0 Å². The Morgan fingerprint density at radius 2 is 2.15 bits per heavy atom. The number of hydrogen-bond donors (Lipinski definition) is 2. The summed E-state index contributed by atoms with van der Waals surface area (Å²) in [7, 11) is 0. The fraction of sp³-hybridized carbons (Fsp3) is 0.562. The molecule has 0 bridgehead atoms. The predicted molar refractivity (Wildman–Crippen MR) is 84.6 cm³/mol. The summed E-state index contributed by atoms with van der Waals surface area (Å²) in [4.78, 5) is 12.1. The number of rotatable bonds is 3. The molecule has 0 aromatic heterocycles. The Morgan fingerprint density at radius 3 is 2.95 bits per heavy atom. The van der Waals surface area contributed by atoms with Gasteiger partial charge in [0.15, 0.2) is 0 Å². The molecule has 1 amide bonds. The van der Waals surface area contributed by atoms with Gasteiger partial charge in [0, 0.05) is 12.1 Å². The van der Waals surface area contributed by atoms with Gasteiger partial charge in [0.05, 0.1) is 0 Å². The van der Waals surface area contributed by atoms with Crippen molar-refractivity contribution in [2.45, 2.75) is 38.5 Å². The molecule has 3 nitrogen and oxygen atoms in total. The van der Waals surface area contributed by atoms with E-state index in [1.807, 2.05) is 0 Å². The van der Waals surface area contributed by atoms with E-state index in [0.29, 0.717) is 12.3 Å². The highest BCUT2D eigenvalue weighted by molar-refractivity contribution is 5.92. The van der Waals surface area contributed by atoms with Crippen LogP contribution in [0.25, 0.3) is 0 Å². The van der Waals surface area contributed by atoms with Gasteiger partial charge in [-0.15, -0.1) is 12.4 Å². The molecule has 0 saturated carbocycles. The van der Waals surface area contributed by atoms with Crippen LogP contribution in [-0.4, -0.2) is 19.0 Å². The molecule has 1 aliphatic carbocycles. The summed E-state index contributed by atoms with van der Waals surface area (Å²) in [5, 5.41) is 6.44. The molecule has 2 aliphatic rings. The first-order valence-electron chi connectivity index (χ1n) is 7.44. The van der Waals surface area contributed by atoms with Crippen molar-refractivity contribution in [1.82, 2.24) is 5.32 Å². The number of carbonyl (C=O) groups is 1. The summed E-state index contributed by atoms with van der Waals surface area (Å²) >= 11 is 0.